The van der Waals surface area contributed by atoms with Gasteiger partial charge in [0.05, 0.1) is 5.41 Å². The second kappa shape index (κ2) is 6.88. The van der Waals surface area contributed by atoms with Gasteiger partial charge in [-0.25, -0.2) is 4.39 Å². The SMILES string of the molecule is O=C(OCCO[N+](=O)[O-])C1(c2ccc(-c3ccccc3)c(F)c2)CC1. The molecule has 25 heavy (non-hydrogen) atoms. The van der Waals surface area contributed by atoms with Gasteiger partial charge in [-0.2, -0.15) is 0 Å². The Morgan fingerprint density at radius 1 is 1.16 bits per heavy atom. The van der Waals surface area contributed by atoms with Gasteiger partial charge in [-0.05, 0) is 30.0 Å². The molecule has 0 N–H and O–H groups in total. The topological polar surface area (TPSA) is 78.7 Å². The van der Waals surface area contributed by atoms with E-state index in [1.165, 1.54) is 6.07 Å². The third kappa shape index (κ3) is 3.60. The lowest BCUT2D eigenvalue weighted by Gasteiger charge is -2.16. The van der Waals surface area contributed by atoms with Gasteiger partial charge in [-0.1, -0.05) is 42.5 Å². The van der Waals surface area contributed by atoms with Crippen LogP contribution in [0.25, 0.3) is 11.1 Å². The first-order valence-corrected chi connectivity index (χ1v) is 7.83. The van der Waals surface area contributed by atoms with E-state index in [0.29, 0.717) is 24.0 Å². The zero-order chi connectivity index (χ0) is 17.9. The fourth-order valence-electron chi connectivity index (χ4n) is 2.78. The van der Waals surface area contributed by atoms with Crippen molar-refractivity contribution < 1.29 is 23.8 Å². The standard InChI is InChI=1S/C18H16FNO5/c19-16-12-14(6-7-15(16)13-4-2-1-3-5-13)18(8-9-18)17(21)24-10-11-25-20(22)23/h1-7,12H,8-11H2. The highest BCUT2D eigenvalue weighted by atomic mass is 19.1. The zero-order valence-corrected chi connectivity index (χ0v) is 13.3. The normalized spacial score (nSPS) is 14.6. The summed E-state index contributed by atoms with van der Waals surface area (Å²) >= 11 is 0. The minimum Gasteiger partial charge on any atom is -0.463 e. The van der Waals surface area contributed by atoms with Crippen molar-refractivity contribution in [2.45, 2.75) is 18.3 Å². The monoisotopic (exact) mass is 345 g/mol. The van der Waals surface area contributed by atoms with Crippen molar-refractivity contribution in [2.75, 3.05) is 13.2 Å². The van der Waals surface area contributed by atoms with E-state index in [1.807, 2.05) is 30.3 Å². The number of ether oxygens (including phenoxy) is 1. The predicted molar refractivity (Wildman–Crippen MR) is 86.7 cm³/mol. The van der Waals surface area contributed by atoms with E-state index in [2.05, 4.69) is 4.84 Å². The van der Waals surface area contributed by atoms with Crippen molar-refractivity contribution in [3.8, 4) is 11.1 Å². The van der Waals surface area contributed by atoms with E-state index in [-0.39, 0.29) is 13.2 Å². The zero-order valence-electron chi connectivity index (χ0n) is 13.3. The van der Waals surface area contributed by atoms with Crippen LogP contribution in [-0.4, -0.2) is 24.3 Å². The second-order valence-corrected chi connectivity index (χ2v) is 5.84. The third-order valence-corrected chi connectivity index (χ3v) is 4.26. The molecular formula is C18H16FNO5. The maximum absolute atomic E-state index is 14.5. The summed E-state index contributed by atoms with van der Waals surface area (Å²) in [6, 6.07) is 13.9. The van der Waals surface area contributed by atoms with E-state index < -0.39 is 22.3 Å². The van der Waals surface area contributed by atoms with Crippen molar-refractivity contribution in [1.82, 2.24) is 0 Å². The van der Waals surface area contributed by atoms with Crippen LogP contribution in [0.2, 0.25) is 0 Å². The number of carbonyl (C=O) groups is 1. The first kappa shape index (κ1) is 16.9. The fourth-order valence-corrected chi connectivity index (χ4v) is 2.78. The molecule has 0 aliphatic heterocycles. The summed E-state index contributed by atoms with van der Waals surface area (Å²) in [6.07, 6.45) is 1.12. The van der Waals surface area contributed by atoms with E-state index >= 15 is 0 Å². The van der Waals surface area contributed by atoms with Crippen molar-refractivity contribution >= 4 is 5.97 Å². The summed E-state index contributed by atoms with van der Waals surface area (Å²) in [6.45, 7) is -0.539. The van der Waals surface area contributed by atoms with Gasteiger partial charge in [-0.15, -0.1) is 10.1 Å². The summed E-state index contributed by atoms with van der Waals surface area (Å²) in [5.74, 6) is -0.911. The molecule has 130 valence electrons. The molecule has 0 amide bonds. The first-order chi connectivity index (χ1) is 12.0. The molecule has 1 saturated carbocycles. The van der Waals surface area contributed by atoms with Crippen LogP contribution in [0.3, 0.4) is 0 Å². The molecule has 3 rings (SSSR count). The van der Waals surface area contributed by atoms with E-state index in [0.717, 1.165) is 5.56 Å². The fraction of sp³-hybridized carbons (Fsp3) is 0.278. The van der Waals surface area contributed by atoms with Gasteiger partial charge in [0.15, 0.2) is 0 Å². The molecule has 0 radical (unpaired) electrons. The Morgan fingerprint density at radius 2 is 1.88 bits per heavy atom. The lowest BCUT2D eigenvalue weighted by atomic mass is 9.93. The molecular weight excluding hydrogens is 329 g/mol. The highest BCUT2D eigenvalue weighted by molar-refractivity contribution is 5.87. The Kier molecular flexibility index (Phi) is 4.65. The second-order valence-electron chi connectivity index (χ2n) is 5.84. The predicted octanol–water partition coefficient (Wildman–Crippen LogP) is 3.28. The van der Waals surface area contributed by atoms with Gasteiger partial charge in [0, 0.05) is 5.56 Å². The largest absolute Gasteiger partial charge is 0.463 e. The Morgan fingerprint density at radius 3 is 2.48 bits per heavy atom. The first-order valence-electron chi connectivity index (χ1n) is 7.83. The number of hydrogen-bond acceptors (Lipinski definition) is 5. The summed E-state index contributed by atoms with van der Waals surface area (Å²) in [5.41, 5.74) is 0.929. The Balaban J connectivity index is 1.72. The van der Waals surface area contributed by atoms with Crippen LogP contribution >= 0.6 is 0 Å². The maximum Gasteiger partial charge on any atom is 0.316 e. The molecule has 0 aromatic heterocycles. The van der Waals surface area contributed by atoms with Crippen molar-refractivity contribution in [1.29, 1.82) is 0 Å². The van der Waals surface area contributed by atoms with E-state index in [9.17, 15) is 19.3 Å². The van der Waals surface area contributed by atoms with Crippen LogP contribution in [0.15, 0.2) is 48.5 Å². The molecule has 0 atom stereocenters. The minimum absolute atomic E-state index is 0.216. The number of benzene rings is 2. The van der Waals surface area contributed by atoms with E-state index in [4.69, 9.17) is 4.74 Å². The molecule has 7 heteroatoms. The molecule has 1 aliphatic rings. The van der Waals surface area contributed by atoms with Crippen LogP contribution in [0.1, 0.15) is 18.4 Å². The smallest absolute Gasteiger partial charge is 0.316 e. The van der Waals surface area contributed by atoms with Crippen LogP contribution in [0, 0.1) is 15.9 Å². The lowest BCUT2D eigenvalue weighted by Crippen LogP contribution is -2.25. The Hall–Kier alpha value is -2.96. The van der Waals surface area contributed by atoms with Gasteiger partial charge < -0.3 is 9.57 Å². The van der Waals surface area contributed by atoms with Crippen molar-refractivity contribution in [2.24, 2.45) is 0 Å². The lowest BCUT2D eigenvalue weighted by molar-refractivity contribution is -0.757. The molecule has 1 fully saturated rings. The number of carbonyl (C=O) groups excluding carboxylic acids is 1. The molecule has 0 unspecified atom stereocenters. The van der Waals surface area contributed by atoms with Crippen LogP contribution in [0.4, 0.5) is 4.39 Å². The van der Waals surface area contributed by atoms with Gasteiger partial charge in [0.2, 0.25) is 0 Å². The Labute approximate surface area is 143 Å². The van der Waals surface area contributed by atoms with Gasteiger partial charge in [0.25, 0.3) is 5.09 Å². The molecule has 0 spiro atoms. The van der Waals surface area contributed by atoms with Gasteiger partial charge >= 0.3 is 5.97 Å². The number of hydrogen-bond donors (Lipinski definition) is 0. The number of rotatable bonds is 7. The Bertz CT molecular complexity index is 789. The molecule has 2 aromatic rings. The van der Waals surface area contributed by atoms with Crippen LogP contribution in [-0.2, 0) is 19.8 Å². The molecule has 2 aromatic carbocycles. The summed E-state index contributed by atoms with van der Waals surface area (Å²) < 4.78 is 19.5. The maximum atomic E-state index is 14.5. The average molecular weight is 345 g/mol. The minimum atomic E-state index is -0.946. The van der Waals surface area contributed by atoms with Crippen LogP contribution < -0.4 is 0 Å². The molecule has 0 bridgehead atoms. The highest BCUT2D eigenvalue weighted by Gasteiger charge is 2.53. The number of halogens is 1. The van der Waals surface area contributed by atoms with E-state index in [1.54, 1.807) is 12.1 Å². The van der Waals surface area contributed by atoms with Crippen molar-refractivity contribution in [3.63, 3.8) is 0 Å². The summed E-state index contributed by atoms with van der Waals surface area (Å²) in [7, 11) is 0. The van der Waals surface area contributed by atoms with Gasteiger partial charge in [-0.3, -0.25) is 4.79 Å². The quantitative estimate of drug-likeness (QED) is 0.333. The molecule has 1 aliphatic carbocycles. The summed E-state index contributed by atoms with van der Waals surface area (Å²) in [5, 5.41) is 9.12. The highest BCUT2D eigenvalue weighted by Crippen LogP contribution is 2.49. The number of nitrogens with zero attached hydrogens (tertiary/aromatic N) is 1. The third-order valence-electron chi connectivity index (χ3n) is 4.26. The molecule has 0 saturated heterocycles. The van der Waals surface area contributed by atoms with Crippen molar-refractivity contribution in [3.05, 3.63) is 70.0 Å². The average Bonchev–Trinajstić information content (AvgIpc) is 3.41. The molecule has 0 heterocycles. The molecule has 6 nitrogen and oxygen atoms in total. The summed E-state index contributed by atoms with van der Waals surface area (Å²) in [4.78, 5) is 26.4. The van der Waals surface area contributed by atoms with Gasteiger partial charge in [0.1, 0.15) is 19.0 Å². The van der Waals surface area contributed by atoms with Crippen LogP contribution in [0.5, 0.6) is 0 Å². The number of esters is 1.